The zero-order valence-electron chi connectivity index (χ0n) is 9.97. The first-order valence-corrected chi connectivity index (χ1v) is 6.44. The fourth-order valence-corrected chi connectivity index (χ4v) is 2.49. The lowest BCUT2D eigenvalue weighted by atomic mass is 10.2. The molecular formula is C11H14N4O2S. The molecule has 2 heterocycles. The van der Waals surface area contributed by atoms with Crippen LogP contribution in [0.5, 0.6) is 0 Å². The monoisotopic (exact) mass is 266 g/mol. The fraction of sp³-hybridized carbons (Fsp3) is 0.364. The lowest BCUT2D eigenvalue weighted by Gasteiger charge is -1.99. The van der Waals surface area contributed by atoms with Crippen LogP contribution in [0, 0.1) is 0 Å². The molecule has 0 amide bonds. The van der Waals surface area contributed by atoms with Crippen LogP contribution in [-0.2, 0) is 6.42 Å². The van der Waals surface area contributed by atoms with Crippen LogP contribution in [0.25, 0.3) is 0 Å². The van der Waals surface area contributed by atoms with Gasteiger partial charge in [-0.15, -0.1) is 11.3 Å². The summed E-state index contributed by atoms with van der Waals surface area (Å²) in [7, 11) is 0. The van der Waals surface area contributed by atoms with Gasteiger partial charge in [0.05, 0.1) is 15.6 Å². The molecule has 18 heavy (non-hydrogen) atoms. The molecule has 0 unspecified atom stereocenters. The van der Waals surface area contributed by atoms with Crippen molar-refractivity contribution in [3.8, 4) is 0 Å². The SMILES string of the molecule is CCC(=O)c1sc(NCCc2ncon2)cc1N. The summed E-state index contributed by atoms with van der Waals surface area (Å²) in [5.74, 6) is 0.723. The van der Waals surface area contributed by atoms with Gasteiger partial charge in [-0.2, -0.15) is 4.98 Å². The molecule has 2 aromatic rings. The van der Waals surface area contributed by atoms with E-state index in [2.05, 4.69) is 20.0 Å². The third-order valence-corrected chi connectivity index (χ3v) is 3.54. The number of hydrogen-bond acceptors (Lipinski definition) is 7. The van der Waals surface area contributed by atoms with Crippen LogP contribution in [0.1, 0.15) is 28.8 Å². The Kier molecular flexibility index (Phi) is 3.93. The quantitative estimate of drug-likeness (QED) is 0.776. The van der Waals surface area contributed by atoms with Gasteiger partial charge in [-0.3, -0.25) is 4.79 Å². The van der Waals surface area contributed by atoms with Gasteiger partial charge in [-0.05, 0) is 6.07 Å². The van der Waals surface area contributed by atoms with Crippen LogP contribution in [0.15, 0.2) is 17.0 Å². The first kappa shape index (κ1) is 12.6. The van der Waals surface area contributed by atoms with E-state index in [0.717, 1.165) is 5.00 Å². The molecule has 96 valence electrons. The third-order valence-electron chi connectivity index (χ3n) is 2.39. The number of ketones is 1. The average Bonchev–Trinajstić information content (AvgIpc) is 2.98. The van der Waals surface area contributed by atoms with Crippen LogP contribution < -0.4 is 11.1 Å². The minimum Gasteiger partial charge on any atom is -0.397 e. The highest BCUT2D eigenvalue weighted by molar-refractivity contribution is 7.18. The van der Waals surface area contributed by atoms with E-state index in [1.807, 2.05) is 6.92 Å². The predicted octanol–water partition coefficient (Wildman–Crippen LogP) is 1.96. The standard InChI is InChI=1S/C11H14N4O2S/c1-2-8(16)11-7(12)5-10(18-11)13-4-3-9-14-6-17-15-9/h5-6,13H,2-4,12H2,1H3. The molecule has 0 aromatic carbocycles. The van der Waals surface area contributed by atoms with Gasteiger partial charge in [-0.1, -0.05) is 12.1 Å². The van der Waals surface area contributed by atoms with Gasteiger partial charge in [0, 0.05) is 19.4 Å². The summed E-state index contributed by atoms with van der Waals surface area (Å²) in [6, 6.07) is 1.78. The maximum absolute atomic E-state index is 11.6. The number of carbonyl (C=O) groups excluding carboxylic acids is 1. The van der Waals surface area contributed by atoms with Crippen molar-refractivity contribution >= 4 is 27.8 Å². The molecule has 0 saturated carbocycles. The molecule has 7 heteroatoms. The Bertz CT molecular complexity index is 521. The summed E-state index contributed by atoms with van der Waals surface area (Å²) in [4.78, 5) is 16.1. The molecule has 0 aliphatic rings. The van der Waals surface area contributed by atoms with E-state index >= 15 is 0 Å². The number of nitrogens with two attached hydrogens (primary N) is 1. The molecule has 0 radical (unpaired) electrons. The van der Waals surface area contributed by atoms with E-state index in [4.69, 9.17) is 5.73 Å². The van der Waals surface area contributed by atoms with Gasteiger partial charge in [0.25, 0.3) is 0 Å². The van der Waals surface area contributed by atoms with Crippen molar-refractivity contribution in [2.24, 2.45) is 0 Å². The Morgan fingerprint density at radius 2 is 2.44 bits per heavy atom. The first-order valence-electron chi connectivity index (χ1n) is 5.62. The Morgan fingerprint density at radius 1 is 1.61 bits per heavy atom. The number of nitrogen functional groups attached to an aromatic ring is 1. The summed E-state index contributed by atoms with van der Waals surface area (Å²) in [6.45, 7) is 2.49. The van der Waals surface area contributed by atoms with E-state index in [1.165, 1.54) is 17.7 Å². The Balaban J connectivity index is 1.92. The Labute approximate surface area is 108 Å². The van der Waals surface area contributed by atoms with Crippen LogP contribution in [0.3, 0.4) is 0 Å². The summed E-state index contributed by atoms with van der Waals surface area (Å²) in [6.07, 6.45) is 2.43. The van der Waals surface area contributed by atoms with Crippen molar-refractivity contribution in [1.29, 1.82) is 0 Å². The summed E-state index contributed by atoms with van der Waals surface area (Å²) in [5.41, 5.74) is 6.33. The molecule has 0 aliphatic heterocycles. The van der Waals surface area contributed by atoms with E-state index in [0.29, 0.717) is 35.8 Å². The lowest BCUT2D eigenvalue weighted by molar-refractivity contribution is 0.0993. The van der Waals surface area contributed by atoms with Gasteiger partial charge in [0.15, 0.2) is 11.6 Å². The Hall–Kier alpha value is -1.89. The Morgan fingerprint density at radius 3 is 3.11 bits per heavy atom. The van der Waals surface area contributed by atoms with E-state index in [9.17, 15) is 4.79 Å². The number of aromatic nitrogens is 2. The van der Waals surface area contributed by atoms with Crippen molar-refractivity contribution in [2.45, 2.75) is 19.8 Å². The minimum absolute atomic E-state index is 0.0729. The molecule has 0 fully saturated rings. The molecule has 0 saturated heterocycles. The number of nitrogens with one attached hydrogen (secondary N) is 1. The normalized spacial score (nSPS) is 10.5. The number of nitrogens with zero attached hydrogens (tertiary/aromatic N) is 2. The summed E-state index contributed by atoms with van der Waals surface area (Å²) >= 11 is 1.38. The maximum atomic E-state index is 11.6. The first-order chi connectivity index (χ1) is 8.70. The number of carbonyl (C=O) groups is 1. The fourth-order valence-electron chi connectivity index (χ4n) is 1.47. The average molecular weight is 266 g/mol. The van der Waals surface area contributed by atoms with Crippen molar-refractivity contribution in [1.82, 2.24) is 10.1 Å². The molecule has 0 aliphatic carbocycles. The van der Waals surface area contributed by atoms with Gasteiger partial charge in [0.1, 0.15) is 0 Å². The smallest absolute Gasteiger partial charge is 0.213 e. The maximum Gasteiger partial charge on any atom is 0.213 e. The second-order valence-electron chi connectivity index (χ2n) is 3.70. The second kappa shape index (κ2) is 5.63. The van der Waals surface area contributed by atoms with E-state index in [1.54, 1.807) is 6.07 Å². The van der Waals surface area contributed by atoms with Crippen molar-refractivity contribution in [2.75, 3.05) is 17.6 Å². The van der Waals surface area contributed by atoms with Gasteiger partial charge in [-0.25, -0.2) is 0 Å². The number of thiophene rings is 1. The van der Waals surface area contributed by atoms with Crippen molar-refractivity contribution < 1.29 is 9.32 Å². The third kappa shape index (κ3) is 2.86. The molecule has 3 N–H and O–H groups in total. The topological polar surface area (TPSA) is 94.0 Å². The second-order valence-corrected chi connectivity index (χ2v) is 4.75. The molecule has 0 bridgehead atoms. The summed E-state index contributed by atoms with van der Waals surface area (Å²) in [5, 5.41) is 7.78. The van der Waals surface area contributed by atoms with Crippen LogP contribution >= 0.6 is 11.3 Å². The molecule has 2 aromatic heterocycles. The minimum atomic E-state index is 0.0729. The largest absolute Gasteiger partial charge is 0.397 e. The number of hydrogen-bond donors (Lipinski definition) is 2. The van der Waals surface area contributed by atoms with Crippen molar-refractivity contribution in [3.63, 3.8) is 0 Å². The van der Waals surface area contributed by atoms with Crippen molar-refractivity contribution in [3.05, 3.63) is 23.2 Å². The highest BCUT2D eigenvalue weighted by Crippen LogP contribution is 2.30. The molecule has 0 atom stereocenters. The van der Waals surface area contributed by atoms with Gasteiger partial charge in [0.2, 0.25) is 6.39 Å². The highest BCUT2D eigenvalue weighted by atomic mass is 32.1. The molecule has 2 rings (SSSR count). The van der Waals surface area contributed by atoms with E-state index < -0.39 is 0 Å². The predicted molar refractivity (Wildman–Crippen MR) is 69.8 cm³/mol. The summed E-state index contributed by atoms with van der Waals surface area (Å²) < 4.78 is 4.64. The molecule has 0 spiro atoms. The zero-order chi connectivity index (χ0) is 13.0. The highest BCUT2D eigenvalue weighted by Gasteiger charge is 2.12. The number of anilines is 2. The van der Waals surface area contributed by atoms with Gasteiger partial charge >= 0.3 is 0 Å². The molecule has 6 nitrogen and oxygen atoms in total. The molecular weight excluding hydrogens is 252 g/mol. The van der Waals surface area contributed by atoms with Crippen LogP contribution in [-0.4, -0.2) is 22.5 Å². The van der Waals surface area contributed by atoms with E-state index in [-0.39, 0.29) is 5.78 Å². The number of rotatable bonds is 6. The zero-order valence-corrected chi connectivity index (χ0v) is 10.8. The lowest BCUT2D eigenvalue weighted by Crippen LogP contribution is -2.04. The van der Waals surface area contributed by atoms with Crippen LogP contribution in [0.4, 0.5) is 10.7 Å². The van der Waals surface area contributed by atoms with Crippen LogP contribution in [0.2, 0.25) is 0 Å². The number of Topliss-reactive ketones (excluding diaryl/α,β-unsaturated/α-hetero) is 1. The van der Waals surface area contributed by atoms with Gasteiger partial charge < -0.3 is 15.6 Å².